The lowest BCUT2D eigenvalue weighted by atomic mass is 9.46. The Labute approximate surface area is 293 Å². The Balaban J connectivity index is 0.00000392. The number of aliphatic hydroxyl groups is 1. The fourth-order valence-corrected chi connectivity index (χ4v) is 13.4. The van der Waals surface area contributed by atoms with Crippen LogP contribution in [-0.4, -0.2) is 87.4 Å². The normalized spacial score (nSPS) is 44.4. The highest BCUT2D eigenvalue weighted by Gasteiger charge is 2.80. The molecule has 0 radical (unpaired) electrons. The molecule has 7 aliphatic rings. The highest BCUT2D eigenvalue weighted by atomic mass is 16.7. The van der Waals surface area contributed by atoms with E-state index in [0.717, 1.165) is 31.6 Å². The number of fused-ring (bicyclic) bond motifs is 4. The first-order valence-corrected chi connectivity index (χ1v) is 19.2. The Morgan fingerprint density at radius 3 is 2.55 bits per heavy atom. The monoisotopic (exact) mass is 683 g/mol. The molecule has 2 saturated heterocycles. The highest BCUT2D eigenvalue weighted by Crippen LogP contribution is 2.87. The largest absolute Gasteiger partial charge is 0.457 e. The minimum absolute atomic E-state index is 0. The second-order valence-electron chi connectivity index (χ2n) is 18.6. The van der Waals surface area contributed by atoms with Crippen LogP contribution >= 0.6 is 0 Å². The van der Waals surface area contributed by atoms with Gasteiger partial charge in [-0.2, -0.15) is 0 Å². The van der Waals surface area contributed by atoms with Gasteiger partial charge in [0.2, 0.25) is 0 Å². The van der Waals surface area contributed by atoms with Crippen LogP contribution in [-0.2, 0) is 30.8 Å². The van der Waals surface area contributed by atoms with Gasteiger partial charge in [0.1, 0.15) is 0 Å². The summed E-state index contributed by atoms with van der Waals surface area (Å²) in [6.07, 6.45) is 14.1. The predicted octanol–water partition coefficient (Wildman–Crippen LogP) is 5.76. The van der Waals surface area contributed by atoms with E-state index in [9.17, 15) is 14.7 Å². The number of amides is 1. The molecule has 1 N–H and O–H groups in total. The minimum atomic E-state index is -1.16. The minimum Gasteiger partial charge on any atom is -0.457 e. The van der Waals surface area contributed by atoms with Crippen molar-refractivity contribution in [2.75, 3.05) is 19.7 Å². The van der Waals surface area contributed by atoms with Crippen molar-refractivity contribution in [1.29, 1.82) is 0 Å². The van der Waals surface area contributed by atoms with Gasteiger partial charge in [-0.05, 0) is 123 Å². The van der Waals surface area contributed by atoms with Gasteiger partial charge in [-0.25, -0.2) is 4.98 Å². The zero-order chi connectivity index (χ0) is 34.7. The van der Waals surface area contributed by atoms with Crippen LogP contribution in [0.5, 0.6) is 0 Å². The van der Waals surface area contributed by atoms with Gasteiger partial charge in [-0.3, -0.25) is 9.59 Å². The van der Waals surface area contributed by atoms with Crippen LogP contribution in [0.15, 0.2) is 12.4 Å². The fourth-order valence-electron chi connectivity index (χ4n) is 13.4. The first-order chi connectivity index (χ1) is 23.1. The van der Waals surface area contributed by atoms with E-state index in [2.05, 4.69) is 25.8 Å². The molecule has 0 aromatic carbocycles. The average Bonchev–Trinajstić information content (AvgIpc) is 3.34. The Kier molecular flexibility index (Phi) is 8.00. The van der Waals surface area contributed by atoms with Crippen molar-refractivity contribution in [3.05, 3.63) is 18.2 Å². The van der Waals surface area contributed by atoms with Crippen LogP contribution < -0.4 is 0 Å². The van der Waals surface area contributed by atoms with Crippen molar-refractivity contribution in [1.82, 2.24) is 14.5 Å². The van der Waals surface area contributed by atoms with Gasteiger partial charge in [0.05, 0.1) is 37.1 Å². The third-order valence-corrected chi connectivity index (χ3v) is 15.5. The number of aryl methyl sites for hydroxylation is 1. The van der Waals surface area contributed by atoms with E-state index in [0.29, 0.717) is 54.1 Å². The topological polar surface area (TPSA) is 112 Å². The summed E-state index contributed by atoms with van der Waals surface area (Å²) in [5.41, 5.74) is -0.0379. The van der Waals surface area contributed by atoms with Gasteiger partial charge >= 0.3 is 5.97 Å². The first-order valence-electron chi connectivity index (χ1n) is 19.2. The molecule has 49 heavy (non-hydrogen) atoms. The number of nitrogens with zero attached hydrogens (tertiary/aromatic N) is 3. The Morgan fingerprint density at radius 2 is 1.84 bits per heavy atom. The van der Waals surface area contributed by atoms with E-state index >= 15 is 0 Å². The summed E-state index contributed by atoms with van der Waals surface area (Å²) in [5.74, 6) is 2.55. The maximum atomic E-state index is 13.2. The van der Waals surface area contributed by atoms with Crippen molar-refractivity contribution < 1.29 is 35.1 Å². The molecule has 10 heteroatoms. The molecule has 9 unspecified atom stereocenters. The SMILES string of the molecule is CC(=O)O[C@@H](C1CCC2C(CC3C4CCC5C(C)(C)[C@@H](OC6CN(C(=O)c7nccn7C)CCO6)CCC56C[C@@]46CCC23C)O1)C(C)(C)O.[HH]. The van der Waals surface area contributed by atoms with E-state index in [4.69, 9.17) is 18.9 Å². The van der Waals surface area contributed by atoms with E-state index in [1.165, 1.54) is 45.4 Å². The second kappa shape index (κ2) is 11.5. The number of aromatic nitrogens is 2. The van der Waals surface area contributed by atoms with Crippen LogP contribution in [0.3, 0.4) is 0 Å². The number of morpholine rings is 1. The standard InChI is InChI=1S/C39H59N3O7.H2/c1-23(43)47-32(36(4,5)45)27-10-8-25-28(48-27)20-26-24-9-11-29-35(2,3)30(12-13-39(29)22-38(24,39)15-14-37(25,26)6)49-31-21-42(18-19-46-31)34(44)33-40-16-17-41(33)7;/h16-17,24-32,45H,8-15,18-22H2,1-7H3;1H/t24?,25?,26?,27?,28?,29?,30-,31?,32-,37?,38-,39?;/m0./s1. The smallest absolute Gasteiger partial charge is 0.303 e. The number of esters is 1. The fraction of sp³-hybridized carbons (Fsp3) is 0.872. The van der Waals surface area contributed by atoms with Gasteiger partial charge < -0.3 is 33.5 Å². The number of rotatable bonds is 6. The van der Waals surface area contributed by atoms with Crippen molar-refractivity contribution in [3.63, 3.8) is 0 Å². The predicted molar refractivity (Wildman–Crippen MR) is 183 cm³/mol. The molecule has 1 amide bonds. The van der Waals surface area contributed by atoms with Crippen LogP contribution in [0, 0.1) is 45.3 Å². The molecule has 5 saturated carbocycles. The number of carbonyl (C=O) groups is 2. The number of ether oxygens (including phenoxy) is 4. The molecule has 7 fully saturated rings. The zero-order valence-corrected chi connectivity index (χ0v) is 30.8. The van der Waals surface area contributed by atoms with Crippen molar-refractivity contribution in [3.8, 4) is 0 Å². The summed E-state index contributed by atoms with van der Waals surface area (Å²) in [7, 11) is 1.85. The summed E-state index contributed by atoms with van der Waals surface area (Å²) in [4.78, 5) is 31.3. The van der Waals surface area contributed by atoms with E-state index in [1.807, 2.05) is 11.9 Å². The lowest BCUT2D eigenvalue weighted by molar-refractivity contribution is -0.241. The molecule has 3 heterocycles. The summed E-state index contributed by atoms with van der Waals surface area (Å²) < 4.78 is 27.3. The number of imidazole rings is 1. The van der Waals surface area contributed by atoms with Crippen LogP contribution in [0.1, 0.15) is 118 Å². The van der Waals surface area contributed by atoms with E-state index in [-0.39, 0.29) is 42.4 Å². The first kappa shape index (κ1) is 34.1. The maximum Gasteiger partial charge on any atom is 0.303 e. The third-order valence-electron chi connectivity index (χ3n) is 15.5. The molecule has 2 spiro atoms. The molecule has 8 rings (SSSR count). The molecule has 10 nitrogen and oxygen atoms in total. The Bertz CT molecular complexity index is 1480. The molecule has 1 aromatic heterocycles. The highest BCUT2D eigenvalue weighted by molar-refractivity contribution is 5.90. The van der Waals surface area contributed by atoms with Gasteiger partial charge in [0.25, 0.3) is 5.91 Å². The van der Waals surface area contributed by atoms with Crippen LogP contribution in [0.25, 0.3) is 0 Å². The molecule has 12 atom stereocenters. The van der Waals surface area contributed by atoms with E-state index in [1.54, 1.807) is 30.8 Å². The summed E-state index contributed by atoms with van der Waals surface area (Å²) in [6, 6.07) is 0. The van der Waals surface area contributed by atoms with Gasteiger partial charge in [0, 0.05) is 34.3 Å². The summed E-state index contributed by atoms with van der Waals surface area (Å²) in [6.45, 7) is 13.8. The van der Waals surface area contributed by atoms with Crippen molar-refractivity contribution >= 4 is 11.9 Å². The number of carbonyl (C=O) groups excluding carboxylic acids is 2. The number of hydrogen-bond acceptors (Lipinski definition) is 8. The lowest BCUT2D eigenvalue weighted by Gasteiger charge is -2.60. The van der Waals surface area contributed by atoms with Gasteiger partial charge in [0.15, 0.2) is 18.2 Å². The quantitative estimate of drug-likeness (QED) is 0.377. The summed E-state index contributed by atoms with van der Waals surface area (Å²) in [5, 5.41) is 10.9. The lowest BCUT2D eigenvalue weighted by Crippen LogP contribution is -2.56. The second-order valence-corrected chi connectivity index (χ2v) is 18.6. The van der Waals surface area contributed by atoms with Crippen molar-refractivity contribution in [2.45, 2.75) is 142 Å². The maximum absolute atomic E-state index is 13.2. The van der Waals surface area contributed by atoms with Gasteiger partial charge in [-0.1, -0.05) is 20.8 Å². The van der Waals surface area contributed by atoms with Crippen LogP contribution in [0.2, 0.25) is 0 Å². The molecule has 2 aliphatic heterocycles. The Morgan fingerprint density at radius 1 is 1.06 bits per heavy atom. The van der Waals surface area contributed by atoms with E-state index < -0.39 is 18.0 Å². The third kappa shape index (κ3) is 5.11. The number of hydrogen-bond donors (Lipinski definition) is 1. The molecule has 5 aliphatic carbocycles. The van der Waals surface area contributed by atoms with Crippen LogP contribution in [0.4, 0.5) is 0 Å². The summed E-state index contributed by atoms with van der Waals surface area (Å²) >= 11 is 0. The molecular weight excluding hydrogens is 622 g/mol. The van der Waals surface area contributed by atoms with Crippen molar-refractivity contribution in [2.24, 2.45) is 52.4 Å². The Hall–Kier alpha value is -2.01. The van der Waals surface area contributed by atoms with Gasteiger partial charge in [-0.15, -0.1) is 0 Å². The molecule has 274 valence electrons. The zero-order valence-electron chi connectivity index (χ0n) is 30.8. The molecule has 0 bridgehead atoms. The molecule has 1 aromatic rings. The average molecular weight is 684 g/mol. The molecular formula is C39H61N3O7.